The van der Waals surface area contributed by atoms with Gasteiger partial charge in [-0.25, -0.2) is 0 Å². The largest absolute Gasteiger partial charge is 0.143 e. The van der Waals surface area contributed by atoms with E-state index in [9.17, 15) is 0 Å². The zero-order chi connectivity index (χ0) is 13.7. The van der Waals surface area contributed by atoms with Crippen LogP contribution in [-0.2, 0) is 0 Å². The molecule has 0 atom stereocenters. The van der Waals surface area contributed by atoms with Crippen molar-refractivity contribution in [2.24, 2.45) is 0 Å². The Balaban J connectivity index is 1.96. The Bertz CT molecular complexity index is 808. The van der Waals surface area contributed by atoms with Crippen molar-refractivity contribution in [1.29, 1.82) is 0 Å². The van der Waals surface area contributed by atoms with Gasteiger partial charge in [0.25, 0.3) is 0 Å². The molecular formula is C19H15S. The lowest BCUT2D eigenvalue weighted by atomic mass is 9.98. The lowest BCUT2D eigenvalue weighted by Crippen LogP contribution is -1.86. The van der Waals surface area contributed by atoms with E-state index in [1.807, 2.05) is 11.3 Å². The van der Waals surface area contributed by atoms with Crippen LogP contribution in [0.1, 0.15) is 22.3 Å². The Kier molecular flexibility index (Phi) is 2.58. The zero-order valence-corrected chi connectivity index (χ0v) is 12.4. The van der Waals surface area contributed by atoms with Crippen LogP contribution in [-0.4, -0.2) is 0 Å². The number of rotatable bonds is 1. The van der Waals surface area contributed by atoms with Crippen molar-refractivity contribution in [3.63, 3.8) is 0 Å². The summed E-state index contributed by atoms with van der Waals surface area (Å²) in [7, 11) is 0. The standard InChI is InChI=1S/C19H15S/c1-12-11-20-19(13(12)2)17-9-5-8-16-15-7-4-3-6-14(15)10-18(16)17/h3-11H,1-2H3. The van der Waals surface area contributed by atoms with E-state index < -0.39 is 0 Å². The van der Waals surface area contributed by atoms with Gasteiger partial charge in [-0.3, -0.25) is 0 Å². The second-order valence-corrected chi connectivity index (χ2v) is 6.25. The molecule has 4 rings (SSSR count). The molecule has 1 aliphatic rings. The second-order valence-electron chi connectivity index (χ2n) is 5.37. The van der Waals surface area contributed by atoms with Crippen LogP contribution in [0.25, 0.3) is 21.6 Å². The van der Waals surface area contributed by atoms with Crippen LogP contribution in [0.2, 0.25) is 0 Å². The van der Waals surface area contributed by atoms with E-state index in [-0.39, 0.29) is 0 Å². The van der Waals surface area contributed by atoms with Crippen LogP contribution in [0, 0.1) is 20.3 Å². The van der Waals surface area contributed by atoms with Gasteiger partial charge in [-0.05, 0) is 58.2 Å². The van der Waals surface area contributed by atoms with Crippen LogP contribution in [0.4, 0.5) is 0 Å². The SMILES string of the molecule is Cc1csc(-c2cccc3c2[CH]c2ccccc2-3)c1C. The van der Waals surface area contributed by atoms with Gasteiger partial charge in [0.2, 0.25) is 0 Å². The number of thiophene rings is 1. The molecule has 0 spiro atoms. The summed E-state index contributed by atoms with van der Waals surface area (Å²) >= 11 is 1.85. The lowest BCUT2D eigenvalue weighted by Gasteiger charge is -2.08. The Labute approximate surface area is 123 Å². The smallest absolute Gasteiger partial charge is 0.0377 e. The lowest BCUT2D eigenvalue weighted by molar-refractivity contribution is 1.40. The van der Waals surface area contributed by atoms with E-state index in [0.717, 1.165) is 0 Å². The molecule has 0 aliphatic heterocycles. The first-order valence-electron chi connectivity index (χ1n) is 6.88. The molecule has 0 amide bonds. The summed E-state index contributed by atoms with van der Waals surface area (Å²) in [6, 6.07) is 15.3. The molecule has 1 aromatic heterocycles. The molecule has 0 nitrogen and oxygen atoms in total. The fourth-order valence-electron chi connectivity index (χ4n) is 2.95. The predicted octanol–water partition coefficient (Wildman–Crippen LogP) is 5.61. The average Bonchev–Trinajstić information content (AvgIpc) is 3.01. The molecule has 0 saturated heterocycles. The fourth-order valence-corrected chi connectivity index (χ4v) is 4.06. The van der Waals surface area contributed by atoms with Crippen molar-refractivity contribution in [3.05, 3.63) is 76.5 Å². The van der Waals surface area contributed by atoms with Gasteiger partial charge in [-0.2, -0.15) is 0 Å². The van der Waals surface area contributed by atoms with Gasteiger partial charge in [0, 0.05) is 11.3 Å². The number of hydrogen-bond acceptors (Lipinski definition) is 1. The van der Waals surface area contributed by atoms with E-state index in [4.69, 9.17) is 0 Å². The summed E-state index contributed by atoms with van der Waals surface area (Å²) in [6.45, 7) is 4.42. The average molecular weight is 275 g/mol. The Hall–Kier alpha value is -1.86. The highest BCUT2D eigenvalue weighted by molar-refractivity contribution is 7.14. The quantitative estimate of drug-likeness (QED) is 0.423. The highest BCUT2D eigenvalue weighted by Gasteiger charge is 2.22. The maximum Gasteiger partial charge on any atom is 0.0377 e. The van der Waals surface area contributed by atoms with E-state index in [1.165, 1.54) is 43.8 Å². The molecule has 1 aliphatic carbocycles. The first kappa shape index (κ1) is 11.9. The van der Waals surface area contributed by atoms with Crippen molar-refractivity contribution in [1.82, 2.24) is 0 Å². The minimum atomic E-state index is 1.33. The van der Waals surface area contributed by atoms with E-state index in [2.05, 4.69) is 68.1 Å². The monoisotopic (exact) mass is 275 g/mol. The van der Waals surface area contributed by atoms with Gasteiger partial charge in [0.05, 0.1) is 0 Å². The molecule has 0 saturated carbocycles. The van der Waals surface area contributed by atoms with Crippen LogP contribution < -0.4 is 0 Å². The Morgan fingerprint density at radius 2 is 1.55 bits per heavy atom. The van der Waals surface area contributed by atoms with Crippen LogP contribution in [0.15, 0.2) is 47.8 Å². The molecule has 0 unspecified atom stereocenters. The van der Waals surface area contributed by atoms with Gasteiger partial charge in [-0.15, -0.1) is 11.3 Å². The summed E-state index contributed by atoms with van der Waals surface area (Å²) in [5.74, 6) is 0. The van der Waals surface area contributed by atoms with Gasteiger partial charge < -0.3 is 0 Å². The summed E-state index contributed by atoms with van der Waals surface area (Å²) < 4.78 is 0. The topological polar surface area (TPSA) is 0 Å². The van der Waals surface area contributed by atoms with Gasteiger partial charge >= 0.3 is 0 Å². The molecule has 20 heavy (non-hydrogen) atoms. The third kappa shape index (κ3) is 1.60. The molecule has 0 bridgehead atoms. The molecular weight excluding hydrogens is 260 g/mol. The predicted molar refractivity (Wildman–Crippen MR) is 87.2 cm³/mol. The minimum Gasteiger partial charge on any atom is -0.143 e. The molecule has 1 heterocycles. The third-order valence-corrected chi connectivity index (χ3v) is 5.42. The minimum absolute atomic E-state index is 1.33. The highest BCUT2D eigenvalue weighted by Crippen LogP contribution is 2.44. The van der Waals surface area contributed by atoms with Gasteiger partial charge in [0.15, 0.2) is 0 Å². The summed E-state index contributed by atoms with van der Waals surface area (Å²) in [5, 5.41) is 2.26. The highest BCUT2D eigenvalue weighted by atomic mass is 32.1. The maximum atomic E-state index is 2.33. The van der Waals surface area contributed by atoms with Crippen molar-refractivity contribution in [3.8, 4) is 21.6 Å². The summed E-state index contributed by atoms with van der Waals surface area (Å²) in [4.78, 5) is 1.41. The molecule has 97 valence electrons. The molecule has 0 N–H and O–H groups in total. The number of aryl methyl sites for hydroxylation is 1. The molecule has 1 heteroatoms. The van der Waals surface area contributed by atoms with E-state index in [1.54, 1.807) is 0 Å². The fraction of sp³-hybridized carbons (Fsp3) is 0.105. The van der Waals surface area contributed by atoms with Crippen LogP contribution in [0.3, 0.4) is 0 Å². The Morgan fingerprint density at radius 1 is 0.800 bits per heavy atom. The van der Waals surface area contributed by atoms with Gasteiger partial charge in [0.1, 0.15) is 0 Å². The zero-order valence-electron chi connectivity index (χ0n) is 11.6. The summed E-state index contributed by atoms with van der Waals surface area (Å²) in [6.07, 6.45) is 2.33. The van der Waals surface area contributed by atoms with E-state index in [0.29, 0.717) is 0 Å². The van der Waals surface area contributed by atoms with Crippen LogP contribution >= 0.6 is 11.3 Å². The van der Waals surface area contributed by atoms with Crippen molar-refractivity contribution in [2.75, 3.05) is 0 Å². The van der Waals surface area contributed by atoms with Crippen molar-refractivity contribution < 1.29 is 0 Å². The molecule has 0 fully saturated rings. The van der Waals surface area contributed by atoms with Crippen LogP contribution in [0.5, 0.6) is 0 Å². The number of fused-ring (bicyclic) bond motifs is 3. The second kappa shape index (κ2) is 4.32. The normalized spacial score (nSPS) is 12.3. The van der Waals surface area contributed by atoms with Gasteiger partial charge in [-0.1, -0.05) is 42.5 Å². The van der Waals surface area contributed by atoms with Crippen molar-refractivity contribution in [2.45, 2.75) is 13.8 Å². The molecule has 3 aromatic rings. The number of hydrogen-bond donors (Lipinski definition) is 0. The molecule has 1 radical (unpaired) electrons. The van der Waals surface area contributed by atoms with E-state index >= 15 is 0 Å². The first-order valence-corrected chi connectivity index (χ1v) is 7.76. The third-order valence-electron chi connectivity index (χ3n) is 4.19. The Morgan fingerprint density at radius 3 is 2.35 bits per heavy atom. The van der Waals surface area contributed by atoms with Crippen molar-refractivity contribution >= 4 is 11.3 Å². The first-order chi connectivity index (χ1) is 9.75. The number of benzene rings is 2. The summed E-state index contributed by atoms with van der Waals surface area (Å²) in [5.41, 5.74) is 9.60. The maximum absolute atomic E-state index is 2.33. The molecule has 2 aromatic carbocycles.